The zero-order valence-electron chi connectivity index (χ0n) is 17.5. The van der Waals surface area contributed by atoms with E-state index in [0.717, 1.165) is 22.4 Å². The molecule has 0 aliphatic rings. The number of nitrogens with zero attached hydrogens (tertiary/aromatic N) is 1. The average molecular weight is 382 g/mol. The molecule has 0 heterocycles. The summed E-state index contributed by atoms with van der Waals surface area (Å²) >= 11 is 0. The molecular weight excluding hydrogens is 350 g/mol. The number of hydrogen-bond acceptors (Lipinski definition) is 3. The van der Waals surface area contributed by atoms with E-state index in [2.05, 4.69) is 24.5 Å². The summed E-state index contributed by atoms with van der Waals surface area (Å²) in [5.41, 5.74) is 4.08. The summed E-state index contributed by atoms with van der Waals surface area (Å²) < 4.78 is 0. The second kappa shape index (κ2) is 10.0. The van der Waals surface area contributed by atoms with Crippen molar-refractivity contribution < 1.29 is 9.59 Å². The SMILES string of the molecule is Cc1cccc(NC(=O)CN(C)CC(=O)NC(c2ccccc2)C(C)C)c1C. The smallest absolute Gasteiger partial charge is 0.238 e. The molecule has 0 aromatic heterocycles. The number of benzene rings is 2. The van der Waals surface area contributed by atoms with Crippen molar-refractivity contribution in [3.63, 3.8) is 0 Å². The fourth-order valence-corrected chi connectivity index (χ4v) is 3.14. The molecule has 5 heteroatoms. The van der Waals surface area contributed by atoms with Crippen LogP contribution in [-0.2, 0) is 9.59 Å². The summed E-state index contributed by atoms with van der Waals surface area (Å²) in [4.78, 5) is 26.6. The number of hydrogen-bond donors (Lipinski definition) is 2. The minimum absolute atomic E-state index is 0.0501. The highest BCUT2D eigenvalue weighted by Crippen LogP contribution is 2.21. The molecular formula is C23H31N3O2. The van der Waals surface area contributed by atoms with Gasteiger partial charge >= 0.3 is 0 Å². The van der Waals surface area contributed by atoms with Crippen molar-refractivity contribution in [1.29, 1.82) is 0 Å². The van der Waals surface area contributed by atoms with Crippen LogP contribution >= 0.6 is 0 Å². The number of carbonyl (C=O) groups is 2. The normalized spacial score (nSPS) is 12.1. The van der Waals surface area contributed by atoms with Gasteiger partial charge in [-0.3, -0.25) is 14.5 Å². The highest BCUT2D eigenvalue weighted by atomic mass is 16.2. The van der Waals surface area contributed by atoms with E-state index in [0.29, 0.717) is 0 Å². The van der Waals surface area contributed by atoms with Crippen molar-refractivity contribution in [2.75, 3.05) is 25.5 Å². The average Bonchev–Trinajstić information content (AvgIpc) is 2.63. The van der Waals surface area contributed by atoms with Gasteiger partial charge in [0.05, 0.1) is 19.1 Å². The van der Waals surface area contributed by atoms with E-state index in [1.165, 1.54) is 0 Å². The van der Waals surface area contributed by atoms with Gasteiger partial charge in [-0.25, -0.2) is 0 Å². The molecule has 0 spiro atoms. The Kier molecular flexibility index (Phi) is 7.76. The van der Waals surface area contributed by atoms with Gasteiger partial charge in [0.1, 0.15) is 0 Å². The van der Waals surface area contributed by atoms with Gasteiger partial charge in [0.15, 0.2) is 0 Å². The Hall–Kier alpha value is -2.66. The first kappa shape index (κ1) is 21.6. The van der Waals surface area contributed by atoms with Crippen molar-refractivity contribution in [1.82, 2.24) is 10.2 Å². The van der Waals surface area contributed by atoms with Gasteiger partial charge in [-0.2, -0.15) is 0 Å². The molecule has 0 fully saturated rings. The molecule has 28 heavy (non-hydrogen) atoms. The Morgan fingerprint density at radius 1 is 0.929 bits per heavy atom. The van der Waals surface area contributed by atoms with E-state index < -0.39 is 0 Å². The first-order valence-corrected chi connectivity index (χ1v) is 9.67. The van der Waals surface area contributed by atoms with Crippen molar-refractivity contribution in [3.8, 4) is 0 Å². The Labute approximate surface area is 168 Å². The van der Waals surface area contributed by atoms with Crippen LogP contribution in [0.15, 0.2) is 48.5 Å². The minimum Gasteiger partial charge on any atom is -0.348 e. The molecule has 5 nitrogen and oxygen atoms in total. The zero-order valence-corrected chi connectivity index (χ0v) is 17.5. The monoisotopic (exact) mass is 381 g/mol. The lowest BCUT2D eigenvalue weighted by Gasteiger charge is -2.24. The van der Waals surface area contributed by atoms with E-state index in [1.54, 1.807) is 11.9 Å². The molecule has 0 aliphatic carbocycles. The summed E-state index contributed by atoms with van der Waals surface area (Å²) in [6, 6.07) is 15.7. The molecule has 150 valence electrons. The number of nitrogens with one attached hydrogen (secondary N) is 2. The molecule has 1 atom stereocenters. The number of likely N-dealkylation sites (N-methyl/N-ethyl adjacent to an activating group) is 1. The van der Waals surface area contributed by atoms with Gasteiger partial charge in [-0.05, 0) is 49.6 Å². The van der Waals surface area contributed by atoms with Crippen LogP contribution < -0.4 is 10.6 Å². The van der Waals surface area contributed by atoms with E-state index >= 15 is 0 Å². The highest BCUT2D eigenvalue weighted by Gasteiger charge is 2.19. The first-order chi connectivity index (χ1) is 13.3. The fraction of sp³-hybridized carbons (Fsp3) is 0.391. The molecule has 2 amide bonds. The Morgan fingerprint density at radius 2 is 1.57 bits per heavy atom. The van der Waals surface area contributed by atoms with Crippen molar-refractivity contribution >= 4 is 17.5 Å². The van der Waals surface area contributed by atoms with Crippen LogP contribution in [0.1, 0.15) is 36.6 Å². The van der Waals surface area contributed by atoms with Crippen LogP contribution in [0.2, 0.25) is 0 Å². The largest absolute Gasteiger partial charge is 0.348 e. The molecule has 2 aromatic carbocycles. The van der Waals surface area contributed by atoms with Gasteiger partial charge in [0, 0.05) is 5.69 Å². The number of rotatable bonds is 8. The van der Waals surface area contributed by atoms with E-state index in [1.807, 2.05) is 62.4 Å². The van der Waals surface area contributed by atoms with Gasteiger partial charge < -0.3 is 10.6 Å². The third kappa shape index (κ3) is 6.20. The highest BCUT2D eigenvalue weighted by molar-refractivity contribution is 5.93. The maximum Gasteiger partial charge on any atom is 0.238 e. The molecule has 0 aliphatic heterocycles. The molecule has 2 N–H and O–H groups in total. The number of amides is 2. The summed E-state index contributed by atoms with van der Waals surface area (Å²) in [5.74, 6) is 0.0429. The maximum absolute atomic E-state index is 12.5. The molecule has 0 bridgehead atoms. The topological polar surface area (TPSA) is 61.4 Å². The number of carbonyl (C=O) groups excluding carboxylic acids is 2. The molecule has 0 radical (unpaired) electrons. The lowest BCUT2D eigenvalue weighted by Crippen LogP contribution is -2.41. The fourth-order valence-electron chi connectivity index (χ4n) is 3.14. The van der Waals surface area contributed by atoms with Crippen molar-refractivity contribution in [3.05, 3.63) is 65.2 Å². The van der Waals surface area contributed by atoms with E-state index in [-0.39, 0.29) is 36.9 Å². The van der Waals surface area contributed by atoms with Crippen LogP contribution in [0.3, 0.4) is 0 Å². The Morgan fingerprint density at radius 3 is 2.21 bits per heavy atom. The predicted octanol–water partition coefficient (Wildman–Crippen LogP) is 3.69. The standard InChI is InChI=1S/C23H31N3O2/c1-16(2)23(19-11-7-6-8-12-19)25-22(28)15-26(5)14-21(27)24-20-13-9-10-17(3)18(20)4/h6-13,16,23H,14-15H2,1-5H3,(H,24,27)(H,25,28). The lowest BCUT2D eigenvalue weighted by atomic mass is 9.96. The van der Waals surface area contributed by atoms with Crippen LogP contribution in [-0.4, -0.2) is 36.9 Å². The number of anilines is 1. The summed E-state index contributed by atoms with van der Waals surface area (Å²) in [7, 11) is 1.77. The third-order valence-corrected chi connectivity index (χ3v) is 4.85. The van der Waals surface area contributed by atoms with Crippen molar-refractivity contribution in [2.45, 2.75) is 33.7 Å². The van der Waals surface area contributed by atoms with Gasteiger partial charge in [0.2, 0.25) is 11.8 Å². The van der Waals surface area contributed by atoms with Gasteiger partial charge in [0.25, 0.3) is 0 Å². The second-order valence-electron chi connectivity index (χ2n) is 7.67. The van der Waals surface area contributed by atoms with E-state index in [4.69, 9.17) is 0 Å². The second-order valence-corrected chi connectivity index (χ2v) is 7.67. The predicted molar refractivity (Wildman–Crippen MR) is 114 cm³/mol. The summed E-state index contributed by atoms with van der Waals surface area (Å²) in [5, 5.41) is 6.02. The molecule has 1 unspecified atom stereocenters. The third-order valence-electron chi connectivity index (χ3n) is 4.85. The Balaban J connectivity index is 1.89. The molecule has 0 saturated heterocycles. The van der Waals surface area contributed by atoms with Gasteiger partial charge in [-0.1, -0.05) is 56.3 Å². The summed E-state index contributed by atoms with van der Waals surface area (Å²) in [6.45, 7) is 8.48. The zero-order chi connectivity index (χ0) is 20.7. The van der Waals surface area contributed by atoms with Crippen molar-refractivity contribution in [2.24, 2.45) is 5.92 Å². The van der Waals surface area contributed by atoms with Crippen LogP contribution in [0.5, 0.6) is 0 Å². The number of aryl methyl sites for hydroxylation is 1. The maximum atomic E-state index is 12.5. The summed E-state index contributed by atoms with van der Waals surface area (Å²) in [6.07, 6.45) is 0. The van der Waals surface area contributed by atoms with Gasteiger partial charge in [-0.15, -0.1) is 0 Å². The molecule has 2 aromatic rings. The van der Waals surface area contributed by atoms with Crippen LogP contribution in [0.25, 0.3) is 0 Å². The quantitative estimate of drug-likeness (QED) is 0.733. The molecule has 2 rings (SSSR count). The first-order valence-electron chi connectivity index (χ1n) is 9.67. The minimum atomic E-state index is -0.132. The lowest BCUT2D eigenvalue weighted by molar-refractivity contribution is -0.123. The molecule has 0 saturated carbocycles. The van der Waals surface area contributed by atoms with E-state index in [9.17, 15) is 9.59 Å². The Bertz CT molecular complexity index is 803. The van der Waals surface area contributed by atoms with Crippen LogP contribution in [0, 0.1) is 19.8 Å². The van der Waals surface area contributed by atoms with Crippen LogP contribution in [0.4, 0.5) is 5.69 Å².